The van der Waals surface area contributed by atoms with E-state index in [0.29, 0.717) is 11.6 Å². The van der Waals surface area contributed by atoms with Crippen LogP contribution in [0.3, 0.4) is 0 Å². The highest BCUT2D eigenvalue weighted by atomic mass is 79.9. The first kappa shape index (κ1) is 10.9. The summed E-state index contributed by atoms with van der Waals surface area (Å²) in [5, 5.41) is 4.66. The molecular weight excluding hydrogens is 279 g/mol. The molecule has 0 radical (unpaired) electrons. The van der Waals surface area contributed by atoms with E-state index in [1.165, 1.54) is 0 Å². The fourth-order valence-electron chi connectivity index (χ4n) is 1.40. The summed E-state index contributed by atoms with van der Waals surface area (Å²) in [6, 6.07) is 5.72. The molecule has 1 aromatic rings. The summed E-state index contributed by atoms with van der Waals surface area (Å²) in [7, 11) is 0. The second-order valence-electron chi connectivity index (χ2n) is 3.33. The van der Waals surface area contributed by atoms with E-state index in [1.54, 1.807) is 0 Å². The van der Waals surface area contributed by atoms with Gasteiger partial charge < -0.3 is 10.6 Å². The van der Waals surface area contributed by atoms with Gasteiger partial charge in [-0.1, -0.05) is 22.8 Å². The van der Waals surface area contributed by atoms with Gasteiger partial charge in [-0.25, -0.2) is 0 Å². The van der Waals surface area contributed by atoms with Crippen LogP contribution in [0.2, 0.25) is 5.02 Å². The van der Waals surface area contributed by atoms with Gasteiger partial charge >= 0.3 is 0 Å². The van der Waals surface area contributed by atoms with Crippen LogP contribution in [0.25, 0.3) is 0 Å². The molecule has 0 saturated carbocycles. The predicted molar refractivity (Wildman–Crippen MR) is 64.2 cm³/mol. The molecular formula is C10H10BrClN2O. The molecule has 0 bridgehead atoms. The highest BCUT2D eigenvalue weighted by molar-refractivity contribution is 9.10. The number of benzene rings is 1. The Kier molecular flexibility index (Phi) is 3.29. The fourth-order valence-corrected chi connectivity index (χ4v) is 1.83. The molecule has 0 saturated heterocycles. The third-order valence-corrected chi connectivity index (χ3v) is 3.48. The second-order valence-corrected chi connectivity index (χ2v) is 4.60. The topological polar surface area (TPSA) is 47.6 Å². The van der Waals surface area contributed by atoms with Gasteiger partial charge in [0.15, 0.2) is 0 Å². The van der Waals surface area contributed by atoms with Gasteiger partial charge in [-0.3, -0.25) is 0 Å². The Labute approximate surface area is 101 Å². The van der Waals surface area contributed by atoms with Crippen molar-refractivity contribution >= 4 is 33.2 Å². The molecule has 1 heterocycles. The molecule has 5 heteroatoms. The van der Waals surface area contributed by atoms with Crippen molar-refractivity contribution in [1.29, 1.82) is 0 Å². The quantitative estimate of drug-likeness (QED) is 0.909. The van der Waals surface area contributed by atoms with Crippen LogP contribution in [-0.4, -0.2) is 18.4 Å². The lowest BCUT2D eigenvalue weighted by Crippen LogP contribution is -2.20. The zero-order chi connectivity index (χ0) is 10.8. The van der Waals surface area contributed by atoms with Gasteiger partial charge in [0.25, 0.3) is 0 Å². The maximum atomic E-state index is 6.00. The molecule has 1 aromatic carbocycles. The smallest absolute Gasteiger partial charge is 0.145 e. The Morgan fingerprint density at radius 3 is 3.00 bits per heavy atom. The van der Waals surface area contributed by atoms with E-state index >= 15 is 0 Å². The first-order chi connectivity index (χ1) is 7.20. The molecule has 3 nitrogen and oxygen atoms in total. The van der Waals surface area contributed by atoms with Gasteiger partial charge in [-0.2, -0.15) is 0 Å². The van der Waals surface area contributed by atoms with Crippen LogP contribution >= 0.6 is 27.5 Å². The highest BCUT2D eigenvalue weighted by Crippen LogP contribution is 2.25. The van der Waals surface area contributed by atoms with E-state index in [0.717, 1.165) is 22.2 Å². The number of hydrogen-bond acceptors (Lipinski definition) is 3. The number of rotatable bonds is 2. The normalized spacial score (nSPS) is 19.9. The third kappa shape index (κ3) is 2.33. The standard InChI is InChI=1S/C10H10BrClN2O/c11-8-2-1-6(3-9(8)12)10-4-7(5-13)15-14-10/h1-3,7H,4-5,13H2. The maximum Gasteiger partial charge on any atom is 0.145 e. The molecule has 15 heavy (non-hydrogen) atoms. The van der Waals surface area contributed by atoms with Gasteiger partial charge in [0.1, 0.15) is 6.10 Å². The predicted octanol–water partition coefficient (Wildman–Crippen LogP) is 2.55. The van der Waals surface area contributed by atoms with Gasteiger partial charge in [-0.15, -0.1) is 0 Å². The van der Waals surface area contributed by atoms with E-state index in [1.807, 2.05) is 18.2 Å². The number of halogens is 2. The van der Waals surface area contributed by atoms with Crippen molar-refractivity contribution in [2.75, 3.05) is 6.54 Å². The molecule has 1 aliphatic heterocycles. The van der Waals surface area contributed by atoms with Crippen LogP contribution in [0.15, 0.2) is 27.8 Å². The van der Waals surface area contributed by atoms with Crippen molar-refractivity contribution in [3.8, 4) is 0 Å². The fraction of sp³-hybridized carbons (Fsp3) is 0.300. The Bertz CT molecular complexity index is 408. The Morgan fingerprint density at radius 1 is 1.60 bits per heavy atom. The highest BCUT2D eigenvalue weighted by Gasteiger charge is 2.20. The lowest BCUT2D eigenvalue weighted by molar-refractivity contribution is 0.0918. The Hall–Kier alpha value is -0.580. The molecule has 0 aromatic heterocycles. The molecule has 1 atom stereocenters. The Morgan fingerprint density at radius 2 is 2.40 bits per heavy atom. The van der Waals surface area contributed by atoms with Crippen molar-refractivity contribution in [2.45, 2.75) is 12.5 Å². The van der Waals surface area contributed by atoms with Crippen LogP contribution in [-0.2, 0) is 4.84 Å². The molecule has 0 aliphatic carbocycles. The lowest BCUT2D eigenvalue weighted by atomic mass is 10.1. The summed E-state index contributed by atoms with van der Waals surface area (Å²) in [5.74, 6) is 0. The van der Waals surface area contributed by atoms with Crippen molar-refractivity contribution < 1.29 is 4.84 Å². The molecule has 0 spiro atoms. The first-order valence-electron chi connectivity index (χ1n) is 4.59. The van der Waals surface area contributed by atoms with Gasteiger partial charge in [0, 0.05) is 23.0 Å². The van der Waals surface area contributed by atoms with E-state index in [4.69, 9.17) is 22.2 Å². The van der Waals surface area contributed by atoms with Crippen molar-refractivity contribution in [3.05, 3.63) is 33.3 Å². The van der Waals surface area contributed by atoms with Gasteiger partial charge in [0.2, 0.25) is 0 Å². The monoisotopic (exact) mass is 288 g/mol. The average Bonchev–Trinajstić information content (AvgIpc) is 2.70. The van der Waals surface area contributed by atoms with Gasteiger partial charge in [0.05, 0.1) is 10.7 Å². The minimum absolute atomic E-state index is 0.00224. The van der Waals surface area contributed by atoms with Crippen molar-refractivity contribution in [2.24, 2.45) is 10.9 Å². The molecule has 2 rings (SSSR count). The third-order valence-electron chi connectivity index (χ3n) is 2.25. The molecule has 1 aliphatic rings. The number of oxime groups is 1. The molecule has 0 amide bonds. The summed E-state index contributed by atoms with van der Waals surface area (Å²) in [6.07, 6.45) is 0.747. The van der Waals surface area contributed by atoms with Crippen molar-refractivity contribution in [3.63, 3.8) is 0 Å². The molecule has 2 N–H and O–H groups in total. The lowest BCUT2D eigenvalue weighted by Gasteiger charge is -2.03. The summed E-state index contributed by atoms with van der Waals surface area (Å²) in [6.45, 7) is 0.483. The summed E-state index contributed by atoms with van der Waals surface area (Å²) in [5.41, 5.74) is 7.38. The van der Waals surface area contributed by atoms with E-state index < -0.39 is 0 Å². The van der Waals surface area contributed by atoms with Gasteiger partial charge in [-0.05, 0) is 28.1 Å². The van der Waals surface area contributed by atoms with Crippen LogP contribution in [0.4, 0.5) is 0 Å². The Balaban J connectivity index is 2.21. The summed E-state index contributed by atoms with van der Waals surface area (Å²) in [4.78, 5) is 5.15. The number of nitrogens with zero attached hydrogens (tertiary/aromatic N) is 1. The van der Waals surface area contributed by atoms with Crippen molar-refractivity contribution in [1.82, 2.24) is 0 Å². The minimum atomic E-state index is 0.00224. The summed E-state index contributed by atoms with van der Waals surface area (Å²) >= 11 is 9.34. The zero-order valence-corrected chi connectivity index (χ0v) is 10.3. The van der Waals surface area contributed by atoms with Crippen LogP contribution in [0.1, 0.15) is 12.0 Å². The van der Waals surface area contributed by atoms with Crippen LogP contribution in [0.5, 0.6) is 0 Å². The largest absolute Gasteiger partial charge is 0.390 e. The first-order valence-corrected chi connectivity index (χ1v) is 5.76. The summed E-state index contributed by atoms with van der Waals surface area (Å²) < 4.78 is 0.878. The molecule has 0 fully saturated rings. The zero-order valence-electron chi connectivity index (χ0n) is 7.91. The average molecular weight is 290 g/mol. The van der Waals surface area contributed by atoms with Crippen LogP contribution < -0.4 is 5.73 Å². The molecule has 1 unspecified atom stereocenters. The minimum Gasteiger partial charge on any atom is -0.390 e. The number of nitrogens with two attached hydrogens (primary N) is 1. The SMILES string of the molecule is NCC1CC(c2ccc(Br)c(Cl)c2)=NO1. The number of hydrogen-bond donors (Lipinski definition) is 1. The van der Waals surface area contributed by atoms with E-state index in [-0.39, 0.29) is 6.10 Å². The van der Waals surface area contributed by atoms with Crippen LogP contribution in [0, 0.1) is 0 Å². The maximum absolute atomic E-state index is 6.00. The second kappa shape index (κ2) is 4.51. The molecule has 80 valence electrons. The van der Waals surface area contributed by atoms with E-state index in [9.17, 15) is 0 Å². The van der Waals surface area contributed by atoms with E-state index in [2.05, 4.69) is 21.1 Å².